The maximum Gasteiger partial charge on any atom is 0.273 e. The Morgan fingerprint density at radius 3 is 2.11 bits per heavy atom. The minimum atomic E-state index is -1.19. The van der Waals surface area contributed by atoms with Crippen LogP contribution in [0.2, 0.25) is 0 Å². The molecule has 0 aromatic heterocycles. The molecule has 0 aliphatic heterocycles. The lowest BCUT2D eigenvalue weighted by atomic mass is 9.98. The summed E-state index contributed by atoms with van der Waals surface area (Å²) in [4.78, 5) is 11.8. The van der Waals surface area contributed by atoms with Crippen molar-refractivity contribution >= 4 is 11.6 Å². The predicted molar refractivity (Wildman–Crippen MR) is 76.7 cm³/mol. The zero-order valence-corrected chi connectivity index (χ0v) is 11.9. The first-order valence-corrected chi connectivity index (χ1v) is 6.53. The molecule has 0 fully saturated rings. The van der Waals surface area contributed by atoms with Crippen molar-refractivity contribution < 1.29 is 9.90 Å². The van der Waals surface area contributed by atoms with Gasteiger partial charge < -0.3 is 5.11 Å². The fourth-order valence-electron chi connectivity index (χ4n) is 1.89. The normalized spacial score (nSPS) is 12.4. The van der Waals surface area contributed by atoms with Crippen LogP contribution in [0.25, 0.3) is 0 Å². The molecule has 0 aliphatic carbocycles. The van der Waals surface area contributed by atoms with Crippen molar-refractivity contribution in [1.29, 1.82) is 0 Å². The molecule has 4 heteroatoms. The maximum atomic E-state index is 11.8. The molecule has 1 amide bonds. The summed E-state index contributed by atoms with van der Waals surface area (Å²) in [6.45, 7) is 8.11. The number of rotatable bonds is 5. The summed E-state index contributed by atoms with van der Waals surface area (Å²) in [5.41, 5.74) is 3.91. The standard InChI is InChI=1S/C15H22N2O2/c1-10(2)13(11(3)4)16-17-15(19)14(18)12-8-6-5-7-9-12/h5-11,14,18H,1-4H3,(H,17,19). The fourth-order valence-corrected chi connectivity index (χ4v) is 1.89. The Hall–Kier alpha value is -1.68. The molecule has 2 N–H and O–H groups in total. The summed E-state index contributed by atoms with van der Waals surface area (Å²) < 4.78 is 0. The van der Waals surface area contributed by atoms with Gasteiger partial charge in [0.15, 0.2) is 6.10 Å². The van der Waals surface area contributed by atoms with Gasteiger partial charge in [0.25, 0.3) is 5.91 Å². The van der Waals surface area contributed by atoms with Gasteiger partial charge in [-0.05, 0) is 17.4 Å². The Labute approximate surface area is 114 Å². The van der Waals surface area contributed by atoms with E-state index in [9.17, 15) is 9.90 Å². The van der Waals surface area contributed by atoms with Crippen LogP contribution in [0, 0.1) is 11.8 Å². The lowest BCUT2D eigenvalue weighted by molar-refractivity contribution is -0.129. The molecule has 0 saturated carbocycles. The monoisotopic (exact) mass is 262 g/mol. The van der Waals surface area contributed by atoms with Crippen LogP contribution in [0.3, 0.4) is 0 Å². The van der Waals surface area contributed by atoms with Gasteiger partial charge in [0.1, 0.15) is 0 Å². The van der Waals surface area contributed by atoms with Gasteiger partial charge in [0.05, 0.1) is 0 Å². The molecule has 1 aromatic rings. The number of hydrogen-bond donors (Lipinski definition) is 2. The Morgan fingerprint density at radius 2 is 1.63 bits per heavy atom. The zero-order chi connectivity index (χ0) is 14.4. The third kappa shape index (κ3) is 4.48. The second-order valence-electron chi connectivity index (χ2n) is 5.14. The number of aliphatic hydroxyl groups excluding tert-OH is 1. The van der Waals surface area contributed by atoms with E-state index in [1.54, 1.807) is 24.3 Å². The molecular formula is C15H22N2O2. The van der Waals surface area contributed by atoms with Crippen molar-refractivity contribution in [1.82, 2.24) is 5.43 Å². The molecule has 1 unspecified atom stereocenters. The summed E-state index contributed by atoms with van der Waals surface area (Å²) in [5.74, 6) is 0.00772. The number of aliphatic hydroxyl groups is 1. The van der Waals surface area contributed by atoms with Crippen molar-refractivity contribution in [3.8, 4) is 0 Å². The highest BCUT2D eigenvalue weighted by Gasteiger charge is 2.17. The van der Waals surface area contributed by atoms with E-state index in [2.05, 4.69) is 10.5 Å². The van der Waals surface area contributed by atoms with Crippen LogP contribution < -0.4 is 5.43 Å². The van der Waals surface area contributed by atoms with Crippen molar-refractivity contribution in [2.24, 2.45) is 16.9 Å². The molecule has 104 valence electrons. The van der Waals surface area contributed by atoms with Crippen molar-refractivity contribution in [3.05, 3.63) is 35.9 Å². The Balaban J connectivity index is 2.72. The average Bonchev–Trinajstić information content (AvgIpc) is 2.38. The van der Waals surface area contributed by atoms with E-state index < -0.39 is 12.0 Å². The van der Waals surface area contributed by atoms with E-state index in [0.29, 0.717) is 5.56 Å². The smallest absolute Gasteiger partial charge is 0.273 e. The second kappa shape index (κ2) is 7.04. The van der Waals surface area contributed by atoms with Crippen LogP contribution in [-0.4, -0.2) is 16.7 Å². The van der Waals surface area contributed by atoms with Crippen LogP contribution in [0.4, 0.5) is 0 Å². The molecule has 1 aromatic carbocycles. The molecule has 0 bridgehead atoms. The van der Waals surface area contributed by atoms with Gasteiger partial charge in [-0.2, -0.15) is 5.10 Å². The summed E-state index contributed by atoms with van der Waals surface area (Å²) in [6, 6.07) is 8.81. The predicted octanol–water partition coefficient (Wildman–Crippen LogP) is 2.50. The van der Waals surface area contributed by atoms with Crippen LogP contribution >= 0.6 is 0 Å². The number of carbonyl (C=O) groups excluding carboxylic acids is 1. The van der Waals surface area contributed by atoms with Crippen LogP contribution in [0.1, 0.15) is 39.4 Å². The molecule has 0 heterocycles. The van der Waals surface area contributed by atoms with Gasteiger partial charge in [0, 0.05) is 5.71 Å². The summed E-state index contributed by atoms with van der Waals surface area (Å²) in [6.07, 6.45) is -1.19. The number of hydrazone groups is 1. The second-order valence-corrected chi connectivity index (χ2v) is 5.14. The van der Waals surface area contributed by atoms with E-state index in [-0.39, 0.29) is 11.8 Å². The quantitative estimate of drug-likeness (QED) is 0.632. The van der Waals surface area contributed by atoms with Crippen molar-refractivity contribution in [2.45, 2.75) is 33.8 Å². The first kappa shape index (κ1) is 15.4. The molecule has 0 saturated heterocycles. The van der Waals surface area contributed by atoms with E-state index in [4.69, 9.17) is 0 Å². The van der Waals surface area contributed by atoms with Gasteiger partial charge in [-0.25, -0.2) is 5.43 Å². The third-order valence-electron chi connectivity index (χ3n) is 2.84. The van der Waals surface area contributed by atoms with Crippen molar-refractivity contribution in [2.75, 3.05) is 0 Å². The van der Waals surface area contributed by atoms with E-state index in [1.807, 2.05) is 33.8 Å². The Bertz CT molecular complexity index is 429. The number of nitrogens with one attached hydrogen (secondary N) is 1. The molecule has 4 nitrogen and oxygen atoms in total. The molecule has 19 heavy (non-hydrogen) atoms. The molecule has 0 radical (unpaired) electrons. The topological polar surface area (TPSA) is 61.7 Å². The van der Waals surface area contributed by atoms with Gasteiger partial charge >= 0.3 is 0 Å². The van der Waals surface area contributed by atoms with Gasteiger partial charge in [-0.3, -0.25) is 4.79 Å². The number of amides is 1. The Morgan fingerprint density at radius 1 is 1.11 bits per heavy atom. The molecule has 0 aliphatic rings. The maximum absolute atomic E-state index is 11.8. The zero-order valence-electron chi connectivity index (χ0n) is 11.9. The van der Waals surface area contributed by atoms with Gasteiger partial charge in [-0.1, -0.05) is 58.0 Å². The molecule has 1 rings (SSSR count). The minimum Gasteiger partial charge on any atom is -0.378 e. The van der Waals surface area contributed by atoms with E-state index in [1.165, 1.54) is 0 Å². The van der Waals surface area contributed by atoms with E-state index in [0.717, 1.165) is 5.71 Å². The van der Waals surface area contributed by atoms with Crippen molar-refractivity contribution in [3.63, 3.8) is 0 Å². The number of carbonyl (C=O) groups is 1. The largest absolute Gasteiger partial charge is 0.378 e. The molecule has 1 atom stereocenters. The van der Waals surface area contributed by atoms with Crippen LogP contribution in [-0.2, 0) is 4.79 Å². The minimum absolute atomic E-state index is 0.258. The SMILES string of the molecule is CC(C)C(=NNC(=O)C(O)c1ccccc1)C(C)C. The molecule has 0 spiro atoms. The van der Waals surface area contributed by atoms with Crippen LogP contribution in [0.15, 0.2) is 35.4 Å². The third-order valence-corrected chi connectivity index (χ3v) is 2.84. The number of hydrogen-bond acceptors (Lipinski definition) is 3. The summed E-state index contributed by atoms with van der Waals surface area (Å²) in [7, 11) is 0. The number of benzene rings is 1. The fraction of sp³-hybridized carbons (Fsp3) is 0.467. The highest BCUT2D eigenvalue weighted by molar-refractivity contribution is 5.90. The highest BCUT2D eigenvalue weighted by Crippen LogP contribution is 2.12. The van der Waals surface area contributed by atoms with E-state index >= 15 is 0 Å². The average molecular weight is 262 g/mol. The van der Waals surface area contributed by atoms with Crippen LogP contribution in [0.5, 0.6) is 0 Å². The molecular weight excluding hydrogens is 240 g/mol. The summed E-state index contributed by atoms with van der Waals surface area (Å²) >= 11 is 0. The highest BCUT2D eigenvalue weighted by atomic mass is 16.3. The summed E-state index contributed by atoms with van der Waals surface area (Å²) in [5, 5.41) is 14.0. The lowest BCUT2D eigenvalue weighted by Crippen LogP contribution is -2.28. The van der Waals surface area contributed by atoms with Gasteiger partial charge in [-0.15, -0.1) is 0 Å². The first-order chi connectivity index (χ1) is 8.93. The lowest BCUT2D eigenvalue weighted by Gasteiger charge is -2.15. The first-order valence-electron chi connectivity index (χ1n) is 6.53. The van der Waals surface area contributed by atoms with Gasteiger partial charge in [0.2, 0.25) is 0 Å². The number of nitrogens with zero attached hydrogens (tertiary/aromatic N) is 1. The Kier molecular flexibility index (Phi) is 5.70.